The Hall–Kier alpha value is -3.05. The third-order valence-corrected chi connectivity index (χ3v) is 6.57. The predicted molar refractivity (Wildman–Crippen MR) is 134 cm³/mol. The molecule has 3 heterocycles. The summed E-state index contributed by atoms with van der Waals surface area (Å²) in [5.74, 6) is 1.65. The van der Waals surface area contributed by atoms with Crippen LogP contribution >= 0.6 is 0 Å². The number of nitrogens with one attached hydrogen (secondary N) is 1. The van der Waals surface area contributed by atoms with Crippen LogP contribution < -0.4 is 15.0 Å². The minimum absolute atomic E-state index is 0.717. The standard InChI is InChI=1S/C27H32N4O/c1-21-13-14-28-27-23(21)11-12-26(29-27)32-20-5-4-15-30-16-18-31(19-17-30)25-10-6-8-22-7-2-3-9-24(22)25/h2-3,6-13H,4-5,14-20H2,1H3,(H,28,29). The Morgan fingerprint density at radius 1 is 0.938 bits per heavy atom. The molecule has 5 nitrogen and oxygen atoms in total. The molecule has 2 aliphatic rings. The molecule has 5 rings (SSSR count). The molecule has 0 saturated carbocycles. The van der Waals surface area contributed by atoms with E-state index in [1.165, 1.54) is 27.6 Å². The van der Waals surface area contributed by atoms with Crippen molar-refractivity contribution in [1.82, 2.24) is 9.88 Å². The Bertz CT molecular complexity index is 1100. The van der Waals surface area contributed by atoms with Crippen LogP contribution in [0, 0.1) is 0 Å². The molecule has 0 unspecified atom stereocenters. The Morgan fingerprint density at radius 3 is 2.69 bits per heavy atom. The summed E-state index contributed by atoms with van der Waals surface area (Å²) >= 11 is 0. The molecule has 1 saturated heterocycles. The van der Waals surface area contributed by atoms with Crippen molar-refractivity contribution < 1.29 is 4.74 Å². The van der Waals surface area contributed by atoms with E-state index in [9.17, 15) is 0 Å². The number of ether oxygens (including phenoxy) is 1. The van der Waals surface area contributed by atoms with Gasteiger partial charge in [-0.2, -0.15) is 4.98 Å². The topological polar surface area (TPSA) is 40.6 Å². The fourth-order valence-electron chi connectivity index (χ4n) is 4.70. The summed E-state index contributed by atoms with van der Waals surface area (Å²) in [4.78, 5) is 9.74. The first-order valence-electron chi connectivity index (χ1n) is 11.8. The first kappa shape index (κ1) is 20.8. The second-order valence-electron chi connectivity index (χ2n) is 8.70. The maximum Gasteiger partial charge on any atom is 0.215 e. The highest BCUT2D eigenvalue weighted by Gasteiger charge is 2.18. The minimum Gasteiger partial charge on any atom is -0.478 e. The molecule has 0 aliphatic carbocycles. The van der Waals surface area contributed by atoms with Crippen LogP contribution in [0.4, 0.5) is 11.5 Å². The summed E-state index contributed by atoms with van der Waals surface area (Å²) in [6.45, 7) is 9.23. The van der Waals surface area contributed by atoms with Crippen LogP contribution in [-0.2, 0) is 0 Å². The summed E-state index contributed by atoms with van der Waals surface area (Å²) < 4.78 is 5.92. The molecule has 2 aromatic carbocycles. The number of nitrogens with zero attached hydrogens (tertiary/aromatic N) is 3. The molecule has 0 amide bonds. The van der Waals surface area contributed by atoms with E-state index in [2.05, 4.69) is 81.6 Å². The molecule has 3 aromatic rings. The van der Waals surface area contributed by atoms with Gasteiger partial charge in [-0.05, 0) is 49.4 Å². The molecule has 1 fully saturated rings. The van der Waals surface area contributed by atoms with Gasteiger partial charge in [0, 0.05) is 55.4 Å². The van der Waals surface area contributed by atoms with Crippen molar-refractivity contribution in [2.24, 2.45) is 0 Å². The van der Waals surface area contributed by atoms with Crippen molar-refractivity contribution in [2.75, 3.05) is 56.1 Å². The zero-order chi connectivity index (χ0) is 21.8. The second-order valence-corrected chi connectivity index (χ2v) is 8.70. The van der Waals surface area contributed by atoms with E-state index in [1.807, 2.05) is 6.07 Å². The largest absolute Gasteiger partial charge is 0.478 e. The van der Waals surface area contributed by atoms with Crippen molar-refractivity contribution in [2.45, 2.75) is 19.8 Å². The lowest BCUT2D eigenvalue weighted by Gasteiger charge is -2.36. The monoisotopic (exact) mass is 428 g/mol. The number of anilines is 2. The van der Waals surface area contributed by atoms with Crippen molar-refractivity contribution in [3.05, 3.63) is 66.2 Å². The lowest BCUT2D eigenvalue weighted by Crippen LogP contribution is -2.46. The van der Waals surface area contributed by atoms with Crippen molar-refractivity contribution in [3.8, 4) is 5.88 Å². The molecular weight excluding hydrogens is 396 g/mol. The number of allylic oxidation sites excluding steroid dienone is 1. The van der Waals surface area contributed by atoms with Gasteiger partial charge in [0.1, 0.15) is 5.82 Å². The zero-order valence-electron chi connectivity index (χ0n) is 18.9. The van der Waals surface area contributed by atoms with E-state index in [0.717, 1.165) is 70.4 Å². The summed E-state index contributed by atoms with van der Waals surface area (Å²) in [5.41, 5.74) is 3.82. The number of unbranched alkanes of at least 4 members (excludes halogenated alkanes) is 1. The van der Waals surface area contributed by atoms with Gasteiger partial charge in [0.15, 0.2) is 0 Å². The fraction of sp³-hybridized carbons (Fsp3) is 0.370. The maximum atomic E-state index is 5.92. The van der Waals surface area contributed by atoms with Gasteiger partial charge in [-0.3, -0.25) is 4.90 Å². The highest BCUT2D eigenvalue weighted by molar-refractivity contribution is 5.94. The van der Waals surface area contributed by atoms with Crippen molar-refractivity contribution >= 4 is 27.9 Å². The maximum absolute atomic E-state index is 5.92. The third-order valence-electron chi connectivity index (χ3n) is 6.57. The Kier molecular flexibility index (Phi) is 6.26. The summed E-state index contributed by atoms with van der Waals surface area (Å²) in [5, 5.41) is 6.01. The summed E-state index contributed by atoms with van der Waals surface area (Å²) in [6.07, 6.45) is 4.39. The van der Waals surface area contributed by atoms with Crippen LogP contribution in [0.3, 0.4) is 0 Å². The van der Waals surface area contributed by atoms with Gasteiger partial charge in [0.05, 0.1) is 6.61 Å². The molecule has 1 aromatic heterocycles. The van der Waals surface area contributed by atoms with Gasteiger partial charge >= 0.3 is 0 Å². The van der Waals surface area contributed by atoms with Gasteiger partial charge < -0.3 is 15.0 Å². The van der Waals surface area contributed by atoms with Gasteiger partial charge in [0.2, 0.25) is 5.88 Å². The molecular formula is C27H32N4O. The van der Waals surface area contributed by atoms with E-state index in [4.69, 9.17) is 4.74 Å². The van der Waals surface area contributed by atoms with Gasteiger partial charge in [-0.1, -0.05) is 42.5 Å². The quantitative estimate of drug-likeness (QED) is 0.534. The highest BCUT2D eigenvalue weighted by Crippen LogP contribution is 2.28. The van der Waals surface area contributed by atoms with Gasteiger partial charge in [-0.15, -0.1) is 0 Å². The molecule has 32 heavy (non-hydrogen) atoms. The van der Waals surface area contributed by atoms with Crippen molar-refractivity contribution in [3.63, 3.8) is 0 Å². The molecule has 5 heteroatoms. The SMILES string of the molecule is CC1=CCNc2nc(OCCCCN3CCN(c4cccc5ccccc45)CC3)ccc21. The number of fused-ring (bicyclic) bond motifs is 2. The Morgan fingerprint density at radius 2 is 1.78 bits per heavy atom. The number of rotatable bonds is 7. The van der Waals surface area contributed by atoms with E-state index in [-0.39, 0.29) is 0 Å². The molecule has 0 atom stereocenters. The first-order chi connectivity index (χ1) is 15.8. The molecule has 2 aliphatic heterocycles. The van der Waals surface area contributed by atoms with Gasteiger partial charge in [0.25, 0.3) is 0 Å². The first-order valence-corrected chi connectivity index (χ1v) is 11.8. The number of benzene rings is 2. The van der Waals surface area contributed by atoms with Crippen molar-refractivity contribution in [1.29, 1.82) is 0 Å². The van der Waals surface area contributed by atoms with Crippen LogP contribution in [0.25, 0.3) is 16.3 Å². The van der Waals surface area contributed by atoms with E-state index in [1.54, 1.807) is 0 Å². The third kappa shape index (κ3) is 4.58. The summed E-state index contributed by atoms with van der Waals surface area (Å²) in [6, 6.07) is 19.4. The minimum atomic E-state index is 0.717. The highest BCUT2D eigenvalue weighted by atomic mass is 16.5. The normalized spacial score (nSPS) is 16.4. The van der Waals surface area contributed by atoms with E-state index in [0.29, 0.717) is 0 Å². The van der Waals surface area contributed by atoms with Crippen LogP contribution in [0.5, 0.6) is 5.88 Å². The van der Waals surface area contributed by atoms with Crippen LogP contribution in [0.15, 0.2) is 60.7 Å². The van der Waals surface area contributed by atoms with Crippen LogP contribution in [0.1, 0.15) is 25.3 Å². The molecule has 1 N–H and O–H groups in total. The molecule has 166 valence electrons. The lowest BCUT2D eigenvalue weighted by molar-refractivity contribution is 0.237. The average Bonchev–Trinajstić information content (AvgIpc) is 2.84. The van der Waals surface area contributed by atoms with E-state index >= 15 is 0 Å². The molecule has 0 bridgehead atoms. The fourth-order valence-corrected chi connectivity index (χ4v) is 4.70. The zero-order valence-corrected chi connectivity index (χ0v) is 18.9. The molecule has 0 radical (unpaired) electrons. The summed E-state index contributed by atoms with van der Waals surface area (Å²) in [7, 11) is 0. The smallest absolute Gasteiger partial charge is 0.215 e. The van der Waals surface area contributed by atoms with Crippen LogP contribution in [-0.4, -0.2) is 55.8 Å². The van der Waals surface area contributed by atoms with E-state index < -0.39 is 0 Å². The average molecular weight is 429 g/mol. The lowest BCUT2D eigenvalue weighted by atomic mass is 10.1. The number of piperazine rings is 1. The number of hydrogen-bond acceptors (Lipinski definition) is 5. The Labute approximate surface area is 190 Å². The number of pyridine rings is 1. The predicted octanol–water partition coefficient (Wildman–Crippen LogP) is 5.04. The number of aromatic nitrogens is 1. The van der Waals surface area contributed by atoms with Gasteiger partial charge in [-0.25, -0.2) is 0 Å². The second kappa shape index (κ2) is 9.61. The number of hydrogen-bond donors (Lipinski definition) is 1. The van der Waals surface area contributed by atoms with Crippen LogP contribution in [0.2, 0.25) is 0 Å². The molecule has 0 spiro atoms. The Balaban J connectivity index is 1.05.